The molecule has 3 aromatic heterocycles. The molecule has 9 heteroatoms. The molecular weight excluding hydrogens is 452 g/mol. The zero-order chi connectivity index (χ0) is 25.5. The second kappa shape index (κ2) is 10.9. The van der Waals surface area contributed by atoms with E-state index in [2.05, 4.69) is 26.0 Å². The van der Waals surface area contributed by atoms with E-state index in [-0.39, 0.29) is 0 Å². The number of rotatable bonds is 7. The van der Waals surface area contributed by atoms with Crippen LogP contribution in [-0.2, 0) is 11.3 Å². The summed E-state index contributed by atoms with van der Waals surface area (Å²) in [4.78, 5) is 27.5. The van der Waals surface area contributed by atoms with E-state index in [1.54, 1.807) is 19.2 Å². The molecule has 0 spiro atoms. The molecule has 0 aliphatic rings. The number of nitrogens with two attached hydrogens (primary N) is 1. The van der Waals surface area contributed by atoms with Crippen molar-refractivity contribution < 1.29 is 4.79 Å². The summed E-state index contributed by atoms with van der Waals surface area (Å²) < 4.78 is 1.81. The Balaban J connectivity index is 1.90. The summed E-state index contributed by atoms with van der Waals surface area (Å²) in [5.41, 5.74) is 11.9. The molecule has 3 heterocycles. The molecule has 0 radical (unpaired) electrons. The number of primary amides is 1. The van der Waals surface area contributed by atoms with Crippen LogP contribution in [0, 0.1) is 18.3 Å². The second-order valence-electron chi connectivity index (χ2n) is 7.97. The molecular formula is C27H24N8O. The summed E-state index contributed by atoms with van der Waals surface area (Å²) in [6.07, 6.45) is 6.26. The number of pyridine rings is 2. The Morgan fingerprint density at radius 3 is 2.78 bits per heavy atom. The van der Waals surface area contributed by atoms with Crippen LogP contribution in [0.15, 0.2) is 76.9 Å². The lowest BCUT2D eigenvalue weighted by Gasteiger charge is -2.07. The minimum atomic E-state index is -0.569. The molecule has 0 aliphatic heterocycles. The molecule has 1 aromatic carbocycles. The molecule has 1 amide bonds. The van der Waals surface area contributed by atoms with Gasteiger partial charge in [-0.3, -0.25) is 19.5 Å². The van der Waals surface area contributed by atoms with Gasteiger partial charge in [0.15, 0.2) is 0 Å². The Morgan fingerprint density at radius 1 is 1.19 bits per heavy atom. The number of aliphatic imine (C=N–C) groups is 1. The Kier molecular flexibility index (Phi) is 7.27. The highest BCUT2D eigenvalue weighted by atomic mass is 16.1. The number of aromatic amines is 1. The van der Waals surface area contributed by atoms with E-state index in [9.17, 15) is 10.1 Å². The number of H-pyrrole nitrogens is 1. The zero-order valence-electron chi connectivity index (χ0n) is 19.9. The monoisotopic (exact) mass is 476 g/mol. The summed E-state index contributed by atoms with van der Waals surface area (Å²) in [5.74, 6) is -0.569. The van der Waals surface area contributed by atoms with Gasteiger partial charge in [-0.05, 0) is 55.0 Å². The van der Waals surface area contributed by atoms with Crippen LogP contribution in [0.3, 0.4) is 0 Å². The van der Waals surface area contributed by atoms with Gasteiger partial charge in [-0.2, -0.15) is 10.4 Å². The van der Waals surface area contributed by atoms with Gasteiger partial charge in [-0.25, -0.2) is 4.99 Å². The standard InChI is InChI=1S/C27H24N8O/c1-18-5-3-8-24(32-18)27-22(16-35(34-27)15-20-7-4-6-19(13-20)14-28)21-9-12-26(31-17-30-2)33-23(21)10-11-25(29)36/h3-13,16-17H,15H2,1-2H3,(H2,29,36)(H,30,31,33)/b11-10+. The Labute approximate surface area is 208 Å². The van der Waals surface area contributed by atoms with Crippen LogP contribution < -0.4 is 11.2 Å². The van der Waals surface area contributed by atoms with Gasteiger partial charge in [0, 0.05) is 41.8 Å². The molecule has 9 nitrogen and oxygen atoms in total. The van der Waals surface area contributed by atoms with E-state index >= 15 is 0 Å². The van der Waals surface area contributed by atoms with E-state index in [4.69, 9.17) is 10.8 Å². The molecule has 0 bridgehead atoms. The molecule has 0 fully saturated rings. The molecule has 0 atom stereocenters. The average Bonchev–Trinajstić information content (AvgIpc) is 3.29. The second-order valence-corrected chi connectivity index (χ2v) is 7.97. The Bertz CT molecular complexity index is 1580. The van der Waals surface area contributed by atoms with Crippen molar-refractivity contribution in [3.63, 3.8) is 0 Å². The maximum atomic E-state index is 11.5. The molecule has 178 valence electrons. The lowest BCUT2D eigenvalue weighted by atomic mass is 10.0. The molecule has 0 saturated carbocycles. The fourth-order valence-corrected chi connectivity index (χ4v) is 3.72. The van der Waals surface area contributed by atoms with Crippen molar-refractivity contribution in [2.75, 3.05) is 7.05 Å². The molecule has 36 heavy (non-hydrogen) atoms. The third kappa shape index (κ3) is 5.69. The quantitative estimate of drug-likeness (QED) is 0.240. The van der Waals surface area contributed by atoms with E-state index in [1.165, 1.54) is 12.4 Å². The Hall–Kier alpha value is -5.10. The number of nitrogens with one attached hydrogen (secondary N) is 1. The first-order valence-electron chi connectivity index (χ1n) is 11.1. The van der Waals surface area contributed by atoms with Crippen molar-refractivity contribution in [3.05, 3.63) is 94.9 Å². The van der Waals surface area contributed by atoms with Crippen molar-refractivity contribution in [2.45, 2.75) is 13.5 Å². The van der Waals surface area contributed by atoms with Gasteiger partial charge in [0.05, 0.1) is 23.9 Å². The molecule has 0 unspecified atom stereocenters. The van der Waals surface area contributed by atoms with Gasteiger partial charge in [0.2, 0.25) is 5.91 Å². The highest BCUT2D eigenvalue weighted by molar-refractivity contribution is 5.92. The third-order valence-electron chi connectivity index (χ3n) is 5.27. The summed E-state index contributed by atoms with van der Waals surface area (Å²) >= 11 is 0. The summed E-state index contributed by atoms with van der Waals surface area (Å²) in [6, 6.07) is 19.1. The predicted octanol–water partition coefficient (Wildman–Crippen LogP) is 3.23. The number of benzene rings is 1. The van der Waals surface area contributed by atoms with Crippen LogP contribution in [0.1, 0.15) is 22.5 Å². The zero-order valence-corrected chi connectivity index (χ0v) is 19.9. The molecule has 3 N–H and O–H groups in total. The molecule has 0 saturated heterocycles. The van der Waals surface area contributed by atoms with Crippen molar-refractivity contribution in [1.29, 1.82) is 5.26 Å². The first-order valence-corrected chi connectivity index (χ1v) is 11.1. The highest BCUT2D eigenvalue weighted by Crippen LogP contribution is 2.32. The van der Waals surface area contributed by atoms with Crippen molar-refractivity contribution >= 4 is 18.3 Å². The summed E-state index contributed by atoms with van der Waals surface area (Å²) in [5, 5.41) is 14.1. The lowest BCUT2D eigenvalue weighted by Crippen LogP contribution is -2.10. The summed E-state index contributed by atoms with van der Waals surface area (Å²) in [6.45, 7) is 2.39. The fraction of sp³-hybridized carbons (Fsp3) is 0.111. The number of hydrogen-bond donors (Lipinski definition) is 2. The van der Waals surface area contributed by atoms with Crippen LogP contribution in [0.2, 0.25) is 0 Å². The number of aryl methyl sites for hydroxylation is 1. The minimum absolute atomic E-state index is 0.463. The fourth-order valence-electron chi connectivity index (χ4n) is 3.72. The van der Waals surface area contributed by atoms with Gasteiger partial charge >= 0.3 is 0 Å². The molecule has 4 aromatic rings. The maximum absolute atomic E-state index is 11.5. The number of carbonyl (C=O) groups excluding carboxylic acids is 1. The largest absolute Gasteiger partial charge is 0.366 e. The lowest BCUT2D eigenvalue weighted by molar-refractivity contribution is -0.113. The predicted molar refractivity (Wildman–Crippen MR) is 138 cm³/mol. The number of hydrogen-bond acceptors (Lipinski definition) is 5. The Morgan fingerprint density at radius 2 is 2.03 bits per heavy atom. The topological polar surface area (TPSA) is 138 Å². The van der Waals surface area contributed by atoms with E-state index < -0.39 is 5.91 Å². The van der Waals surface area contributed by atoms with Crippen LogP contribution in [-0.4, -0.2) is 39.0 Å². The smallest absolute Gasteiger partial charge is 0.241 e. The number of amides is 1. The SMILES string of the molecule is C/N=C/N=c1/ccc(-c2cn(Cc3cccc(C#N)c3)nc2-c2cccc(C)n2)c(/C=C/C(N)=O)[nH]1. The number of nitrogens with zero attached hydrogens (tertiary/aromatic N) is 6. The minimum Gasteiger partial charge on any atom is -0.366 e. The van der Waals surface area contributed by atoms with Crippen LogP contribution in [0.4, 0.5) is 0 Å². The normalized spacial score (nSPS) is 11.9. The first-order chi connectivity index (χ1) is 17.5. The first kappa shape index (κ1) is 24.0. The van der Waals surface area contributed by atoms with Gasteiger partial charge in [0.1, 0.15) is 17.5 Å². The molecule has 4 rings (SSSR count). The van der Waals surface area contributed by atoms with Crippen LogP contribution in [0.25, 0.3) is 28.6 Å². The van der Waals surface area contributed by atoms with Gasteiger partial charge in [-0.15, -0.1) is 0 Å². The number of nitriles is 1. The van der Waals surface area contributed by atoms with Gasteiger partial charge < -0.3 is 10.7 Å². The van der Waals surface area contributed by atoms with Crippen molar-refractivity contribution in [3.8, 4) is 28.6 Å². The maximum Gasteiger partial charge on any atom is 0.241 e. The van der Waals surface area contributed by atoms with E-state index in [1.807, 2.05) is 66.3 Å². The van der Waals surface area contributed by atoms with Crippen LogP contribution >= 0.6 is 0 Å². The molecule has 0 aliphatic carbocycles. The number of carbonyl (C=O) groups is 1. The van der Waals surface area contributed by atoms with Crippen molar-refractivity contribution in [2.24, 2.45) is 15.7 Å². The summed E-state index contributed by atoms with van der Waals surface area (Å²) in [7, 11) is 1.63. The van der Waals surface area contributed by atoms with E-state index in [0.29, 0.717) is 34.7 Å². The van der Waals surface area contributed by atoms with Gasteiger partial charge in [0.25, 0.3) is 0 Å². The third-order valence-corrected chi connectivity index (χ3v) is 5.27. The average molecular weight is 477 g/mol. The van der Waals surface area contributed by atoms with Crippen LogP contribution in [0.5, 0.6) is 0 Å². The van der Waals surface area contributed by atoms with Gasteiger partial charge in [-0.1, -0.05) is 18.2 Å². The van der Waals surface area contributed by atoms with E-state index in [0.717, 1.165) is 22.4 Å². The highest BCUT2D eigenvalue weighted by Gasteiger charge is 2.17. The number of aromatic nitrogens is 4. The van der Waals surface area contributed by atoms with Crippen molar-refractivity contribution in [1.82, 2.24) is 19.7 Å².